The third kappa shape index (κ3) is 3.08. The van der Waals surface area contributed by atoms with Gasteiger partial charge in [0.15, 0.2) is 0 Å². The SMILES string of the molecule is COc1ccc(N(C)Cc2nnsc2Cl)c(OC)c1. The van der Waals surface area contributed by atoms with E-state index in [-0.39, 0.29) is 0 Å². The van der Waals surface area contributed by atoms with Crippen LogP contribution >= 0.6 is 23.1 Å². The number of benzene rings is 1. The van der Waals surface area contributed by atoms with Gasteiger partial charge in [0.05, 0.1) is 26.5 Å². The Morgan fingerprint density at radius 3 is 2.68 bits per heavy atom. The first-order valence-corrected chi connectivity index (χ1v) is 6.70. The molecule has 0 N–H and O–H groups in total. The van der Waals surface area contributed by atoms with Crippen molar-refractivity contribution in [3.63, 3.8) is 0 Å². The van der Waals surface area contributed by atoms with E-state index in [1.54, 1.807) is 14.2 Å². The minimum Gasteiger partial charge on any atom is -0.497 e. The van der Waals surface area contributed by atoms with Gasteiger partial charge in [0.25, 0.3) is 0 Å². The maximum Gasteiger partial charge on any atom is 0.145 e. The highest BCUT2D eigenvalue weighted by Gasteiger charge is 2.13. The van der Waals surface area contributed by atoms with Crippen LogP contribution in [0.25, 0.3) is 0 Å². The number of aromatic nitrogens is 2. The second-order valence-corrected chi connectivity index (χ2v) is 5.24. The molecular weight excluding hydrogens is 286 g/mol. The van der Waals surface area contributed by atoms with Crippen LogP contribution in [0.5, 0.6) is 11.5 Å². The molecule has 0 saturated carbocycles. The zero-order valence-electron chi connectivity index (χ0n) is 10.9. The molecule has 19 heavy (non-hydrogen) atoms. The van der Waals surface area contributed by atoms with Crippen LogP contribution in [0.2, 0.25) is 4.34 Å². The third-order valence-electron chi connectivity index (χ3n) is 2.69. The van der Waals surface area contributed by atoms with E-state index in [2.05, 4.69) is 9.59 Å². The number of rotatable bonds is 5. The predicted molar refractivity (Wildman–Crippen MR) is 76.6 cm³/mol. The zero-order chi connectivity index (χ0) is 13.8. The fourth-order valence-corrected chi connectivity index (χ4v) is 2.31. The van der Waals surface area contributed by atoms with Crippen molar-refractivity contribution in [3.05, 3.63) is 28.2 Å². The van der Waals surface area contributed by atoms with E-state index in [0.29, 0.717) is 10.9 Å². The van der Waals surface area contributed by atoms with Gasteiger partial charge in [-0.3, -0.25) is 0 Å². The van der Waals surface area contributed by atoms with Crippen LogP contribution in [0, 0.1) is 0 Å². The van der Waals surface area contributed by atoms with Gasteiger partial charge in [0.2, 0.25) is 0 Å². The maximum atomic E-state index is 6.01. The van der Waals surface area contributed by atoms with Crippen molar-refractivity contribution in [2.75, 3.05) is 26.2 Å². The Morgan fingerprint density at radius 1 is 1.32 bits per heavy atom. The Labute approximate surface area is 120 Å². The van der Waals surface area contributed by atoms with Crippen LogP contribution < -0.4 is 14.4 Å². The van der Waals surface area contributed by atoms with Crippen LogP contribution in [-0.4, -0.2) is 30.9 Å². The van der Waals surface area contributed by atoms with Gasteiger partial charge >= 0.3 is 0 Å². The molecule has 0 radical (unpaired) electrons. The molecule has 0 aliphatic heterocycles. The molecule has 0 fully saturated rings. The number of hydrogen-bond acceptors (Lipinski definition) is 6. The fourth-order valence-electron chi connectivity index (χ4n) is 1.70. The Hall–Kier alpha value is -1.53. The summed E-state index contributed by atoms with van der Waals surface area (Å²) < 4.78 is 15.0. The number of ether oxygens (including phenoxy) is 2. The van der Waals surface area contributed by atoms with Crippen LogP contribution in [-0.2, 0) is 6.54 Å². The highest BCUT2D eigenvalue weighted by molar-refractivity contribution is 7.10. The summed E-state index contributed by atoms with van der Waals surface area (Å²) >= 11 is 7.19. The molecular formula is C12H14ClN3O2S. The summed E-state index contributed by atoms with van der Waals surface area (Å²) in [6.07, 6.45) is 0. The lowest BCUT2D eigenvalue weighted by Crippen LogP contribution is -2.17. The number of nitrogens with zero attached hydrogens (tertiary/aromatic N) is 3. The monoisotopic (exact) mass is 299 g/mol. The maximum absolute atomic E-state index is 6.01. The molecule has 1 heterocycles. The molecule has 102 valence electrons. The highest BCUT2D eigenvalue weighted by atomic mass is 35.5. The molecule has 1 aromatic carbocycles. The van der Waals surface area contributed by atoms with Gasteiger partial charge in [-0.15, -0.1) is 5.10 Å². The molecule has 2 aromatic rings. The van der Waals surface area contributed by atoms with Gasteiger partial charge in [0, 0.05) is 24.6 Å². The van der Waals surface area contributed by atoms with E-state index in [9.17, 15) is 0 Å². The molecule has 7 heteroatoms. The lowest BCUT2D eigenvalue weighted by Gasteiger charge is -2.21. The normalized spacial score (nSPS) is 10.3. The van der Waals surface area contributed by atoms with Crippen molar-refractivity contribution in [1.29, 1.82) is 0 Å². The van der Waals surface area contributed by atoms with Crippen molar-refractivity contribution in [1.82, 2.24) is 9.59 Å². The lowest BCUT2D eigenvalue weighted by molar-refractivity contribution is 0.394. The average Bonchev–Trinajstić information content (AvgIpc) is 2.83. The predicted octanol–water partition coefficient (Wildman–Crippen LogP) is 2.85. The van der Waals surface area contributed by atoms with Crippen molar-refractivity contribution in [2.24, 2.45) is 0 Å². The van der Waals surface area contributed by atoms with Crippen LogP contribution in [0.1, 0.15) is 5.69 Å². The van der Waals surface area contributed by atoms with E-state index in [0.717, 1.165) is 22.9 Å². The smallest absolute Gasteiger partial charge is 0.145 e. The molecule has 0 unspecified atom stereocenters. The average molecular weight is 300 g/mol. The number of anilines is 1. The van der Waals surface area contributed by atoms with Gasteiger partial charge < -0.3 is 14.4 Å². The van der Waals surface area contributed by atoms with E-state index in [1.165, 1.54) is 11.5 Å². The Morgan fingerprint density at radius 2 is 2.11 bits per heavy atom. The first-order chi connectivity index (χ1) is 9.15. The summed E-state index contributed by atoms with van der Waals surface area (Å²) in [5.74, 6) is 1.49. The van der Waals surface area contributed by atoms with E-state index >= 15 is 0 Å². The number of hydrogen-bond donors (Lipinski definition) is 0. The van der Waals surface area contributed by atoms with Crippen LogP contribution in [0.4, 0.5) is 5.69 Å². The first-order valence-electron chi connectivity index (χ1n) is 5.55. The quantitative estimate of drug-likeness (QED) is 0.849. The summed E-state index contributed by atoms with van der Waals surface area (Å²) in [5.41, 5.74) is 1.69. The fraction of sp³-hybridized carbons (Fsp3) is 0.333. The Bertz CT molecular complexity index is 562. The molecule has 0 saturated heterocycles. The topological polar surface area (TPSA) is 47.5 Å². The molecule has 0 bridgehead atoms. The van der Waals surface area contributed by atoms with Crippen LogP contribution in [0.3, 0.4) is 0 Å². The molecule has 0 atom stereocenters. The Balaban J connectivity index is 2.23. The second kappa shape index (κ2) is 6.08. The Kier molecular flexibility index (Phi) is 4.44. The summed E-state index contributed by atoms with van der Waals surface area (Å²) in [4.78, 5) is 2.00. The van der Waals surface area contributed by atoms with Gasteiger partial charge in [-0.25, -0.2) is 0 Å². The van der Waals surface area contributed by atoms with Crippen LogP contribution in [0.15, 0.2) is 18.2 Å². The molecule has 1 aromatic heterocycles. The molecule has 2 rings (SSSR count). The minimum atomic E-state index is 0.567. The lowest BCUT2D eigenvalue weighted by atomic mass is 10.2. The van der Waals surface area contributed by atoms with Gasteiger partial charge in [0.1, 0.15) is 21.5 Å². The highest BCUT2D eigenvalue weighted by Crippen LogP contribution is 2.32. The van der Waals surface area contributed by atoms with Gasteiger partial charge in [-0.05, 0) is 12.1 Å². The second-order valence-electron chi connectivity index (χ2n) is 3.89. The standard InChI is InChI=1S/C12H14ClN3O2S/c1-16(7-9-12(13)19-15-14-9)10-5-4-8(17-2)6-11(10)18-3/h4-6H,7H2,1-3H3. The molecule has 0 spiro atoms. The number of methoxy groups -OCH3 is 2. The minimum absolute atomic E-state index is 0.567. The number of halogens is 1. The van der Waals surface area contributed by atoms with Gasteiger partial charge in [-0.2, -0.15) is 0 Å². The largest absolute Gasteiger partial charge is 0.497 e. The molecule has 0 aliphatic carbocycles. The molecule has 5 nitrogen and oxygen atoms in total. The third-order valence-corrected chi connectivity index (χ3v) is 3.68. The summed E-state index contributed by atoms with van der Waals surface area (Å²) in [7, 11) is 5.20. The van der Waals surface area contributed by atoms with E-state index in [1.807, 2.05) is 30.1 Å². The summed E-state index contributed by atoms with van der Waals surface area (Å²) in [6.45, 7) is 0.567. The first kappa shape index (κ1) is 13.9. The summed E-state index contributed by atoms with van der Waals surface area (Å²) in [6, 6.07) is 5.66. The van der Waals surface area contributed by atoms with E-state index in [4.69, 9.17) is 21.1 Å². The van der Waals surface area contributed by atoms with Crippen molar-refractivity contribution in [2.45, 2.75) is 6.54 Å². The van der Waals surface area contributed by atoms with Crippen molar-refractivity contribution in [3.8, 4) is 11.5 Å². The van der Waals surface area contributed by atoms with Crippen molar-refractivity contribution >= 4 is 28.8 Å². The zero-order valence-corrected chi connectivity index (χ0v) is 12.5. The molecule has 0 amide bonds. The van der Waals surface area contributed by atoms with Gasteiger partial charge in [-0.1, -0.05) is 16.1 Å². The van der Waals surface area contributed by atoms with Crippen molar-refractivity contribution < 1.29 is 9.47 Å². The van der Waals surface area contributed by atoms with E-state index < -0.39 is 0 Å². The summed E-state index contributed by atoms with van der Waals surface area (Å²) in [5, 5.41) is 4.00. The molecule has 0 aliphatic rings.